The molecule has 20 heavy (non-hydrogen) atoms. The van der Waals surface area contributed by atoms with Crippen LogP contribution >= 0.6 is 0 Å². The third-order valence-corrected chi connectivity index (χ3v) is 6.23. The minimum atomic E-state index is 0.567. The number of aryl methyl sites for hydroxylation is 1. The van der Waals surface area contributed by atoms with Gasteiger partial charge in [-0.3, -0.25) is 0 Å². The molecule has 0 spiro atoms. The summed E-state index contributed by atoms with van der Waals surface area (Å²) >= 11 is 0. The molecule has 1 aromatic carbocycles. The Kier molecular flexibility index (Phi) is 3.14. The highest BCUT2D eigenvalue weighted by Gasteiger charge is 2.50. The van der Waals surface area contributed by atoms with Crippen LogP contribution in [0.2, 0.25) is 0 Å². The predicted octanol–water partition coefficient (Wildman–Crippen LogP) is 4.10. The van der Waals surface area contributed by atoms with E-state index in [1.165, 1.54) is 57.1 Å². The van der Waals surface area contributed by atoms with Crippen molar-refractivity contribution in [1.29, 1.82) is 0 Å². The maximum Gasteiger partial charge on any atom is 0.00684 e. The van der Waals surface area contributed by atoms with Crippen LogP contribution in [0.5, 0.6) is 0 Å². The third kappa shape index (κ3) is 2.30. The first kappa shape index (κ1) is 12.9. The SMILES string of the molecule is Cc1ccccc1CC1(CNC2CC2)CC2CCC1C2. The first-order valence-corrected chi connectivity index (χ1v) is 8.53. The van der Waals surface area contributed by atoms with E-state index in [0.29, 0.717) is 5.41 Å². The molecule has 108 valence electrons. The van der Waals surface area contributed by atoms with E-state index in [2.05, 4.69) is 36.5 Å². The van der Waals surface area contributed by atoms with E-state index >= 15 is 0 Å². The summed E-state index contributed by atoms with van der Waals surface area (Å²) in [5.74, 6) is 2.02. The van der Waals surface area contributed by atoms with E-state index in [9.17, 15) is 0 Å². The Morgan fingerprint density at radius 1 is 1.15 bits per heavy atom. The van der Waals surface area contributed by atoms with Crippen LogP contribution in [0.25, 0.3) is 0 Å². The van der Waals surface area contributed by atoms with Crippen LogP contribution in [-0.2, 0) is 6.42 Å². The first-order valence-electron chi connectivity index (χ1n) is 8.53. The summed E-state index contributed by atoms with van der Waals surface area (Å²) in [4.78, 5) is 0. The number of hydrogen-bond donors (Lipinski definition) is 1. The maximum atomic E-state index is 3.86. The van der Waals surface area contributed by atoms with Gasteiger partial charge in [0.05, 0.1) is 0 Å². The average Bonchev–Trinajstić information content (AvgIpc) is 3.08. The van der Waals surface area contributed by atoms with Crippen LogP contribution in [0.4, 0.5) is 0 Å². The fourth-order valence-corrected chi connectivity index (χ4v) is 4.88. The van der Waals surface area contributed by atoms with Gasteiger partial charge >= 0.3 is 0 Å². The molecule has 1 aromatic rings. The summed E-state index contributed by atoms with van der Waals surface area (Å²) in [6, 6.07) is 9.89. The molecule has 3 aliphatic carbocycles. The lowest BCUT2D eigenvalue weighted by Gasteiger charge is -2.39. The van der Waals surface area contributed by atoms with Crippen molar-refractivity contribution in [2.45, 2.75) is 57.9 Å². The molecule has 1 heteroatoms. The highest BCUT2D eigenvalue weighted by Crippen LogP contribution is 2.57. The van der Waals surface area contributed by atoms with Crippen LogP contribution in [-0.4, -0.2) is 12.6 Å². The van der Waals surface area contributed by atoms with Gasteiger partial charge in [-0.1, -0.05) is 30.7 Å². The second kappa shape index (κ2) is 4.87. The highest BCUT2D eigenvalue weighted by atomic mass is 15.0. The number of hydrogen-bond acceptors (Lipinski definition) is 1. The second-order valence-electron chi connectivity index (χ2n) is 7.70. The largest absolute Gasteiger partial charge is 0.313 e. The Labute approximate surface area is 123 Å². The van der Waals surface area contributed by atoms with Gasteiger partial charge in [0.15, 0.2) is 0 Å². The number of nitrogens with one attached hydrogen (secondary N) is 1. The quantitative estimate of drug-likeness (QED) is 0.848. The minimum Gasteiger partial charge on any atom is -0.313 e. The molecule has 1 nitrogen and oxygen atoms in total. The molecule has 0 heterocycles. The topological polar surface area (TPSA) is 12.0 Å². The van der Waals surface area contributed by atoms with Crippen LogP contribution < -0.4 is 5.32 Å². The normalized spacial score (nSPS) is 35.6. The molecule has 3 unspecified atom stereocenters. The van der Waals surface area contributed by atoms with Gasteiger partial charge in [0.25, 0.3) is 0 Å². The van der Waals surface area contributed by atoms with E-state index in [1.54, 1.807) is 5.56 Å². The molecule has 1 N–H and O–H groups in total. The van der Waals surface area contributed by atoms with Crippen molar-refractivity contribution >= 4 is 0 Å². The Balaban J connectivity index is 1.56. The van der Waals surface area contributed by atoms with Crippen LogP contribution in [0, 0.1) is 24.2 Å². The van der Waals surface area contributed by atoms with Crippen LogP contribution in [0.15, 0.2) is 24.3 Å². The van der Waals surface area contributed by atoms with Crippen molar-refractivity contribution in [3.05, 3.63) is 35.4 Å². The summed E-state index contributed by atoms with van der Waals surface area (Å²) in [6.07, 6.45) is 10.1. The molecule has 4 rings (SSSR count). The molecule has 0 aliphatic heterocycles. The van der Waals surface area contributed by atoms with Gasteiger partial charge in [0, 0.05) is 12.6 Å². The van der Waals surface area contributed by atoms with Crippen molar-refractivity contribution in [2.24, 2.45) is 17.3 Å². The number of benzene rings is 1. The molecule has 0 saturated heterocycles. The van der Waals surface area contributed by atoms with Gasteiger partial charge < -0.3 is 5.32 Å². The zero-order valence-electron chi connectivity index (χ0n) is 12.7. The zero-order chi connectivity index (χ0) is 13.6. The summed E-state index contributed by atoms with van der Waals surface area (Å²) in [5, 5.41) is 3.86. The van der Waals surface area contributed by atoms with Gasteiger partial charge in [-0.2, -0.15) is 0 Å². The van der Waals surface area contributed by atoms with Crippen molar-refractivity contribution in [3.8, 4) is 0 Å². The fourth-order valence-electron chi connectivity index (χ4n) is 4.88. The van der Waals surface area contributed by atoms with Gasteiger partial charge in [0.1, 0.15) is 0 Å². The van der Waals surface area contributed by atoms with Gasteiger partial charge in [-0.25, -0.2) is 0 Å². The smallest absolute Gasteiger partial charge is 0.00684 e. The van der Waals surface area contributed by atoms with E-state index in [-0.39, 0.29) is 0 Å². The summed E-state index contributed by atoms with van der Waals surface area (Å²) in [5.41, 5.74) is 3.65. The Bertz CT molecular complexity index is 490. The number of rotatable bonds is 5. The van der Waals surface area contributed by atoms with E-state index in [1.807, 2.05) is 0 Å². The van der Waals surface area contributed by atoms with E-state index < -0.39 is 0 Å². The molecule has 0 amide bonds. The van der Waals surface area contributed by atoms with Crippen molar-refractivity contribution in [3.63, 3.8) is 0 Å². The monoisotopic (exact) mass is 269 g/mol. The second-order valence-corrected chi connectivity index (χ2v) is 7.70. The van der Waals surface area contributed by atoms with Crippen molar-refractivity contribution in [1.82, 2.24) is 5.32 Å². The molecule has 3 fully saturated rings. The van der Waals surface area contributed by atoms with Crippen LogP contribution in [0.3, 0.4) is 0 Å². The molecule has 3 aliphatic rings. The zero-order valence-corrected chi connectivity index (χ0v) is 12.7. The average molecular weight is 269 g/mol. The lowest BCUT2D eigenvalue weighted by molar-refractivity contribution is 0.155. The first-order chi connectivity index (χ1) is 9.75. The Morgan fingerprint density at radius 3 is 2.65 bits per heavy atom. The maximum absolute atomic E-state index is 3.86. The van der Waals surface area contributed by atoms with E-state index in [0.717, 1.165) is 17.9 Å². The highest BCUT2D eigenvalue weighted by molar-refractivity contribution is 5.28. The predicted molar refractivity (Wildman–Crippen MR) is 83.8 cm³/mol. The van der Waals surface area contributed by atoms with E-state index in [4.69, 9.17) is 0 Å². The fraction of sp³-hybridized carbons (Fsp3) is 0.684. The summed E-state index contributed by atoms with van der Waals surface area (Å²) in [7, 11) is 0. The molecule has 0 radical (unpaired) electrons. The lowest BCUT2D eigenvalue weighted by Crippen LogP contribution is -2.41. The van der Waals surface area contributed by atoms with Crippen LogP contribution in [0.1, 0.15) is 49.7 Å². The molecular weight excluding hydrogens is 242 g/mol. The standard InChI is InChI=1S/C19H27N/c1-14-4-2-3-5-16(14)12-19(13-20-18-8-9-18)11-15-6-7-17(19)10-15/h2-5,15,17-18,20H,6-13H2,1H3. The third-order valence-electron chi connectivity index (χ3n) is 6.23. The summed E-state index contributed by atoms with van der Waals surface area (Å²) in [6.45, 7) is 3.55. The van der Waals surface area contributed by atoms with Crippen molar-refractivity contribution < 1.29 is 0 Å². The molecule has 3 atom stereocenters. The molecular formula is C19H27N. The Morgan fingerprint density at radius 2 is 2.00 bits per heavy atom. The van der Waals surface area contributed by atoms with Gasteiger partial charge in [0.2, 0.25) is 0 Å². The van der Waals surface area contributed by atoms with Gasteiger partial charge in [-0.15, -0.1) is 0 Å². The Hall–Kier alpha value is -0.820. The summed E-state index contributed by atoms with van der Waals surface area (Å²) < 4.78 is 0. The minimum absolute atomic E-state index is 0.567. The lowest BCUT2D eigenvalue weighted by atomic mass is 9.69. The molecule has 0 aromatic heterocycles. The van der Waals surface area contributed by atoms with Gasteiger partial charge in [-0.05, 0) is 73.8 Å². The number of fused-ring (bicyclic) bond motifs is 2. The van der Waals surface area contributed by atoms with Crippen molar-refractivity contribution in [2.75, 3.05) is 6.54 Å². The molecule has 3 saturated carbocycles. The molecule has 2 bridgehead atoms.